The van der Waals surface area contributed by atoms with Gasteiger partial charge in [-0.1, -0.05) is 30.3 Å². The molecule has 144 valence electrons. The van der Waals surface area contributed by atoms with Crippen LogP contribution in [0.25, 0.3) is 0 Å². The molecule has 5 heteroatoms. The first-order valence-electron chi connectivity index (χ1n) is 9.27. The molecule has 0 saturated heterocycles. The third kappa shape index (κ3) is 4.61. The van der Waals surface area contributed by atoms with E-state index in [4.69, 9.17) is 19.9 Å². The number of hydrogen-bond acceptors (Lipinski definition) is 5. The second-order valence-electron chi connectivity index (χ2n) is 7.11. The third-order valence-electron chi connectivity index (χ3n) is 5.29. The largest absolute Gasteiger partial charge is 0.497 e. The molecule has 0 unspecified atom stereocenters. The second-order valence-corrected chi connectivity index (χ2v) is 7.11. The molecule has 2 aromatic rings. The normalized spacial score (nSPS) is 21.7. The summed E-state index contributed by atoms with van der Waals surface area (Å²) in [6.45, 7) is 0.601. The van der Waals surface area contributed by atoms with Crippen LogP contribution in [0.15, 0.2) is 48.5 Å². The smallest absolute Gasteiger partial charge is 0.325 e. The number of methoxy groups -OCH3 is 2. The lowest BCUT2D eigenvalue weighted by atomic mass is 9.92. The fraction of sp³-hybridized carbons (Fsp3) is 0.409. The van der Waals surface area contributed by atoms with Crippen molar-refractivity contribution in [2.75, 3.05) is 20.8 Å². The Balaban J connectivity index is 1.52. The van der Waals surface area contributed by atoms with E-state index in [9.17, 15) is 4.79 Å². The van der Waals surface area contributed by atoms with Gasteiger partial charge in [-0.05, 0) is 48.4 Å². The molecule has 0 aliphatic heterocycles. The number of esters is 1. The van der Waals surface area contributed by atoms with Crippen molar-refractivity contribution in [3.63, 3.8) is 0 Å². The Bertz CT molecular complexity index is 774. The van der Waals surface area contributed by atoms with E-state index in [0.29, 0.717) is 25.4 Å². The molecule has 0 radical (unpaired) electrons. The van der Waals surface area contributed by atoms with Gasteiger partial charge < -0.3 is 19.9 Å². The summed E-state index contributed by atoms with van der Waals surface area (Å²) >= 11 is 0. The van der Waals surface area contributed by atoms with Crippen molar-refractivity contribution < 1.29 is 19.0 Å². The lowest BCUT2D eigenvalue weighted by molar-refractivity contribution is -0.146. The lowest BCUT2D eigenvalue weighted by Gasteiger charge is -2.20. The van der Waals surface area contributed by atoms with Crippen LogP contribution in [0.4, 0.5) is 0 Å². The zero-order chi connectivity index (χ0) is 19.3. The van der Waals surface area contributed by atoms with Crippen LogP contribution in [0.3, 0.4) is 0 Å². The number of carbonyl (C=O) groups is 1. The fourth-order valence-electron chi connectivity index (χ4n) is 3.68. The van der Waals surface area contributed by atoms with E-state index in [2.05, 4.69) is 24.3 Å². The van der Waals surface area contributed by atoms with Crippen LogP contribution in [-0.2, 0) is 16.0 Å². The Kier molecular flexibility index (Phi) is 6.01. The van der Waals surface area contributed by atoms with E-state index in [-0.39, 0.29) is 5.97 Å². The van der Waals surface area contributed by atoms with Gasteiger partial charge >= 0.3 is 5.97 Å². The maximum atomic E-state index is 11.9. The van der Waals surface area contributed by atoms with Gasteiger partial charge in [0.2, 0.25) is 0 Å². The van der Waals surface area contributed by atoms with E-state index >= 15 is 0 Å². The van der Waals surface area contributed by atoms with Gasteiger partial charge in [0.1, 0.15) is 17.0 Å². The highest BCUT2D eigenvalue weighted by atomic mass is 16.5. The minimum atomic E-state index is -0.845. The highest BCUT2D eigenvalue weighted by Gasteiger charge is 2.43. The molecule has 2 atom stereocenters. The molecule has 1 aliphatic rings. The van der Waals surface area contributed by atoms with Gasteiger partial charge in [-0.2, -0.15) is 0 Å². The summed E-state index contributed by atoms with van der Waals surface area (Å²) in [6.07, 6.45) is 3.04. The van der Waals surface area contributed by atoms with Crippen molar-refractivity contribution in [2.24, 2.45) is 5.73 Å². The Morgan fingerprint density at radius 3 is 2.59 bits per heavy atom. The first-order valence-corrected chi connectivity index (χ1v) is 9.27. The third-order valence-corrected chi connectivity index (χ3v) is 5.29. The van der Waals surface area contributed by atoms with Crippen molar-refractivity contribution in [2.45, 2.75) is 37.1 Å². The average molecular weight is 369 g/mol. The van der Waals surface area contributed by atoms with Gasteiger partial charge in [0.15, 0.2) is 0 Å². The highest BCUT2D eigenvalue weighted by molar-refractivity contribution is 5.81. The Morgan fingerprint density at radius 1 is 1.15 bits per heavy atom. The summed E-state index contributed by atoms with van der Waals surface area (Å²) in [4.78, 5) is 11.9. The number of hydrogen-bond donors (Lipinski definition) is 1. The zero-order valence-corrected chi connectivity index (χ0v) is 15.9. The summed E-state index contributed by atoms with van der Waals surface area (Å²) in [5.74, 6) is 1.59. The van der Waals surface area contributed by atoms with Gasteiger partial charge in [0, 0.05) is 12.5 Å². The molecular weight excluding hydrogens is 342 g/mol. The molecule has 0 spiro atoms. The molecule has 2 N–H and O–H groups in total. The van der Waals surface area contributed by atoms with Crippen LogP contribution in [0.1, 0.15) is 36.3 Å². The average Bonchev–Trinajstić information content (AvgIpc) is 3.11. The first kappa shape index (κ1) is 19.2. The number of ether oxygens (including phenoxy) is 3. The van der Waals surface area contributed by atoms with E-state index < -0.39 is 5.54 Å². The summed E-state index contributed by atoms with van der Waals surface area (Å²) in [5, 5.41) is 0. The van der Waals surface area contributed by atoms with Crippen LogP contribution in [0.5, 0.6) is 11.5 Å². The number of carbonyl (C=O) groups excluding carboxylic acids is 1. The molecule has 1 aliphatic carbocycles. The topological polar surface area (TPSA) is 70.8 Å². The van der Waals surface area contributed by atoms with Gasteiger partial charge in [0.05, 0.1) is 20.8 Å². The van der Waals surface area contributed by atoms with Crippen LogP contribution in [-0.4, -0.2) is 32.3 Å². The van der Waals surface area contributed by atoms with Crippen molar-refractivity contribution in [1.29, 1.82) is 0 Å². The summed E-state index contributed by atoms with van der Waals surface area (Å²) in [5.41, 5.74) is 7.81. The zero-order valence-electron chi connectivity index (χ0n) is 15.9. The van der Waals surface area contributed by atoms with Crippen molar-refractivity contribution in [3.8, 4) is 11.5 Å². The summed E-state index contributed by atoms with van der Waals surface area (Å²) < 4.78 is 15.9. The maximum absolute atomic E-state index is 11.9. The molecule has 5 nitrogen and oxygen atoms in total. The van der Waals surface area contributed by atoms with Gasteiger partial charge in [-0.15, -0.1) is 0 Å². The maximum Gasteiger partial charge on any atom is 0.325 e. The number of benzene rings is 2. The minimum Gasteiger partial charge on any atom is -0.497 e. The number of nitrogens with two attached hydrogens (primary N) is 1. The highest BCUT2D eigenvalue weighted by Crippen LogP contribution is 2.40. The van der Waals surface area contributed by atoms with E-state index in [0.717, 1.165) is 24.3 Å². The summed E-state index contributed by atoms with van der Waals surface area (Å²) in [6, 6.07) is 16.1. The van der Waals surface area contributed by atoms with Crippen LogP contribution >= 0.6 is 0 Å². The van der Waals surface area contributed by atoms with Crippen molar-refractivity contribution in [3.05, 3.63) is 59.7 Å². The Hall–Kier alpha value is -2.53. The number of rotatable bonds is 7. The van der Waals surface area contributed by atoms with Gasteiger partial charge in [0.25, 0.3) is 0 Å². The summed E-state index contributed by atoms with van der Waals surface area (Å²) in [7, 11) is 3.04. The minimum absolute atomic E-state index is 0.302. The van der Waals surface area contributed by atoms with E-state index in [1.807, 2.05) is 24.3 Å². The lowest BCUT2D eigenvalue weighted by Crippen LogP contribution is -2.46. The van der Waals surface area contributed by atoms with Crippen LogP contribution in [0, 0.1) is 0 Å². The molecule has 0 amide bonds. The molecule has 3 rings (SSSR count). The van der Waals surface area contributed by atoms with Crippen LogP contribution < -0.4 is 15.2 Å². The second kappa shape index (κ2) is 8.44. The monoisotopic (exact) mass is 369 g/mol. The molecule has 0 aromatic heterocycles. The predicted molar refractivity (Wildman–Crippen MR) is 104 cm³/mol. The molecule has 1 fully saturated rings. The first-order chi connectivity index (χ1) is 13.0. The predicted octanol–water partition coefficient (Wildman–Crippen LogP) is 3.45. The molecule has 1 saturated carbocycles. The molecule has 0 heterocycles. The molecule has 27 heavy (non-hydrogen) atoms. The van der Waals surface area contributed by atoms with E-state index in [1.165, 1.54) is 18.2 Å². The SMILES string of the molecule is COC(=O)[C@@]1(N)CC[C@@H](c2ccc(CCOc3cccc(OC)c3)cc2)C1. The molecular formula is C22H27NO4. The van der Waals surface area contributed by atoms with Crippen molar-refractivity contribution >= 4 is 5.97 Å². The molecule has 0 bridgehead atoms. The standard InChI is InChI=1S/C22H27NO4/c1-25-19-4-3-5-20(14-19)27-13-11-16-6-8-17(9-7-16)18-10-12-22(23,15-18)21(24)26-2/h3-9,14,18H,10-13,15,23H2,1-2H3/t18-,22-/m1/s1. The molecule has 2 aromatic carbocycles. The van der Waals surface area contributed by atoms with Crippen molar-refractivity contribution in [1.82, 2.24) is 0 Å². The van der Waals surface area contributed by atoms with E-state index in [1.54, 1.807) is 7.11 Å². The Morgan fingerprint density at radius 2 is 1.89 bits per heavy atom. The fourth-order valence-corrected chi connectivity index (χ4v) is 3.68. The van der Waals surface area contributed by atoms with Gasteiger partial charge in [-0.25, -0.2) is 0 Å². The Labute approximate surface area is 160 Å². The quantitative estimate of drug-likeness (QED) is 0.757. The van der Waals surface area contributed by atoms with Gasteiger partial charge in [-0.3, -0.25) is 4.79 Å². The van der Waals surface area contributed by atoms with Crippen LogP contribution in [0.2, 0.25) is 0 Å².